The summed E-state index contributed by atoms with van der Waals surface area (Å²) in [5, 5.41) is 2.38. The Hall–Kier alpha value is -2.32. The minimum Gasteiger partial charge on any atom is -0.322 e. The van der Waals surface area contributed by atoms with Gasteiger partial charge in [-0.25, -0.2) is 17.2 Å². The summed E-state index contributed by atoms with van der Waals surface area (Å²) in [6.45, 7) is 4.74. The fraction of sp³-hybridized carbons (Fsp3) is 0.350. The standard InChI is InChI=1S/C20H22F2N2O3S/c1-13-8-14(2)12-24(11-13)28(26,27)17-6-7-19(22)18(10-17)20(25)23-16-5-3-4-15(21)9-16/h3-7,9-10,13-14H,8,11-12H2,1-2H3,(H,23,25). The molecule has 1 aliphatic heterocycles. The van der Waals surface area contributed by atoms with E-state index >= 15 is 0 Å². The number of anilines is 1. The van der Waals surface area contributed by atoms with Gasteiger partial charge in [0.15, 0.2) is 0 Å². The fourth-order valence-corrected chi connectivity index (χ4v) is 5.26. The molecule has 0 bridgehead atoms. The highest BCUT2D eigenvalue weighted by Gasteiger charge is 2.32. The largest absolute Gasteiger partial charge is 0.322 e. The van der Waals surface area contributed by atoms with Crippen molar-refractivity contribution >= 4 is 21.6 Å². The molecule has 0 radical (unpaired) electrons. The highest BCUT2D eigenvalue weighted by Crippen LogP contribution is 2.27. The first-order chi connectivity index (χ1) is 13.2. The summed E-state index contributed by atoms with van der Waals surface area (Å²) in [6.07, 6.45) is 0.941. The first-order valence-electron chi connectivity index (χ1n) is 9.03. The van der Waals surface area contributed by atoms with E-state index in [1.54, 1.807) is 0 Å². The maximum atomic E-state index is 14.2. The van der Waals surface area contributed by atoms with Crippen molar-refractivity contribution in [2.75, 3.05) is 18.4 Å². The Balaban J connectivity index is 1.89. The quantitative estimate of drug-likeness (QED) is 0.835. The third kappa shape index (κ3) is 4.39. The van der Waals surface area contributed by atoms with Crippen molar-refractivity contribution in [3.8, 4) is 0 Å². The molecule has 1 N–H and O–H groups in total. The summed E-state index contributed by atoms with van der Waals surface area (Å²) in [7, 11) is -3.85. The first kappa shape index (κ1) is 20.4. The lowest BCUT2D eigenvalue weighted by Gasteiger charge is -2.34. The Morgan fingerprint density at radius 3 is 2.39 bits per heavy atom. The highest BCUT2D eigenvalue weighted by molar-refractivity contribution is 7.89. The average Bonchev–Trinajstić information content (AvgIpc) is 2.61. The second-order valence-electron chi connectivity index (χ2n) is 7.37. The van der Waals surface area contributed by atoms with Gasteiger partial charge < -0.3 is 5.32 Å². The predicted molar refractivity (Wildman–Crippen MR) is 102 cm³/mol. The molecule has 2 atom stereocenters. The van der Waals surface area contributed by atoms with Gasteiger partial charge in [-0.3, -0.25) is 4.79 Å². The van der Waals surface area contributed by atoms with E-state index in [0.29, 0.717) is 13.1 Å². The molecule has 1 amide bonds. The number of hydrogen-bond donors (Lipinski definition) is 1. The zero-order valence-corrected chi connectivity index (χ0v) is 16.5. The first-order valence-corrected chi connectivity index (χ1v) is 10.5. The fourth-order valence-electron chi connectivity index (χ4n) is 3.55. The van der Waals surface area contributed by atoms with Gasteiger partial charge in [-0.15, -0.1) is 0 Å². The third-order valence-electron chi connectivity index (χ3n) is 4.74. The van der Waals surface area contributed by atoms with Gasteiger partial charge in [-0.2, -0.15) is 4.31 Å². The summed E-state index contributed by atoms with van der Waals surface area (Å²) in [6, 6.07) is 8.31. The van der Waals surface area contributed by atoms with Gasteiger partial charge in [0.1, 0.15) is 11.6 Å². The van der Waals surface area contributed by atoms with Crippen molar-refractivity contribution < 1.29 is 22.0 Å². The van der Waals surface area contributed by atoms with Crippen molar-refractivity contribution in [2.24, 2.45) is 11.8 Å². The molecule has 0 spiro atoms. The van der Waals surface area contributed by atoms with E-state index in [9.17, 15) is 22.0 Å². The molecule has 5 nitrogen and oxygen atoms in total. The molecule has 0 aliphatic carbocycles. The predicted octanol–water partition coefficient (Wildman–Crippen LogP) is 3.88. The molecule has 3 rings (SSSR count). The van der Waals surface area contributed by atoms with Crippen LogP contribution >= 0.6 is 0 Å². The molecule has 8 heteroatoms. The number of benzene rings is 2. The van der Waals surface area contributed by atoms with Crippen LogP contribution in [0.2, 0.25) is 0 Å². The van der Waals surface area contributed by atoms with Crippen molar-refractivity contribution in [3.63, 3.8) is 0 Å². The summed E-state index contributed by atoms with van der Waals surface area (Å²) in [4.78, 5) is 12.3. The SMILES string of the molecule is CC1CC(C)CN(S(=O)(=O)c2ccc(F)c(C(=O)Nc3cccc(F)c3)c2)C1. The second-order valence-corrected chi connectivity index (χ2v) is 9.31. The van der Waals surface area contributed by atoms with Gasteiger partial charge in [-0.1, -0.05) is 19.9 Å². The Morgan fingerprint density at radius 1 is 1.07 bits per heavy atom. The van der Waals surface area contributed by atoms with E-state index in [-0.39, 0.29) is 22.4 Å². The van der Waals surface area contributed by atoms with E-state index in [1.165, 1.54) is 22.5 Å². The van der Waals surface area contributed by atoms with Gasteiger partial charge in [0, 0.05) is 18.8 Å². The minimum absolute atomic E-state index is 0.139. The van der Waals surface area contributed by atoms with Gasteiger partial charge in [0.2, 0.25) is 10.0 Å². The Morgan fingerprint density at radius 2 is 1.75 bits per heavy atom. The molecule has 2 aromatic carbocycles. The van der Waals surface area contributed by atoms with Crippen LogP contribution in [0, 0.1) is 23.5 Å². The number of halogens is 2. The smallest absolute Gasteiger partial charge is 0.258 e. The second kappa shape index (κ2) is 7.97. The monoisotopic (exact) mass is 408 g/mol. The van der Waals surface area contributed by atoms with E-state index in [2.05, 4.69) is 5.32 Å². The van der Waals surface area contributed by atoms with E-state index in [4.69, 9.17) is 0 Å². The number of nitrogens with one attached hydrogen (secondary N) is 1. The lowest BCUT2D eigenvalue weighted by Crippen LogP contribution is -2.42. The number of hydrogen-bond acceptors (Lipinski definition) is 3. The molecular formula is C20H22F2N2O3S. The van der Waals surface area contributed by atoms with Crippen molar-refractivity contribution in [2.45, 2.75) is 25.2 Å². The van der Waals surface area contributed by atoms with Crippen LogP contribution in [0.1, 0.15) is 30.6 Å². The Bertz CT molecular complexity index is 985. The van der Waals surface area contributed by atoms with Crippen molar-refractivity contribution in [1.29, 1.82) is 0 Å². The lowest BCUT2D eigenvalue weighted by molar-refractivity contribution is 0.102. The van der Waals surface area contributed by atoms with E-state index < -0.39 is 33.1 Å². The topological polar surface area (TPSA) is 66.5 Å². The lowest BCUT2D eigenvalue weighted by atomic mass is 9.94. The number of piperidine rings is 1. The Labute approximate surface area is 163 Å². The zero-order chi connectivity index (χ0) is 20.5. The number of nitrogens with zero attached hydrogens (tertiary/aromatic N) is 1. The summed E-state index contributed by atoms with van der Waals surface area (Å²) in [5.74, 6) is -1.82. The number of amides is 1. The van der Waals surface area contributed by atoms with Crippen molar-refractivity contribution in [1.82, 2.24) is 4.31 Å². The maximum Gasteiger partial charge on any atom is 0.258 e. The molecule has 2 aromatic rings. The molecule has 0 saturated carbocycles. The minimum atomic E-state index is -3.85. The summed E-state index contributed by atoms with van der Waals surface area (Å²) in [5.41, 5.74) is -0.264. The molecule has 1 saturated heterocycles. The number of rotatable bonds is 4. The number of carbonyl (C=O) groups excluding carboxylic acids is 1. The van der Waals surface area contributed by atoms with Crippen LogP contribution < -0.4 is 5.32 Å². The van der Waals surface area contributed by atoms with Gasteiger partial charge in [-0.05, 0) is 54.7 Å². The van der Waals surface area contributed by atoms with Crippen LogP contribution in [-0.4, -0.2) is 31.7 Å². The van der Waals surface area contributed by atoms with Crippen LogP contribution in [0.25, 0.3) is 0 Å². The molecule has 2 unspecified atom stereocenters. The normalized spacial score (nSPS) is 20.7. The summed E-state index contributed by atoms with van der Waals surface area (Å²) >= 11 is 0. The number of carbonyl (C=O) groups is 1. The average molecular weight is 408 g/mol. The Kier molecular flexibility index (Phi) is 5.81. The molecule has 28 heavy (non-hydrogen) atoms. The van der Waals surface area contributed by atoms with Crippen LogP contribution in [-0.2, 0) is 10.0 Å². The molecule has 0 aromatic heterocycles. The summed E-state index contributed by atoms with van der Waals surface area (Å²) < 4.78 is 54.9. The molecule has 150 valence electrons. The van der Waals surface area contributed by atoms with Gasteiger partial charge >= 0.3 is 0 Å². The van der Waals surface area contributed by atoms with Crippen molar-refractivity contribution in [3.05, 3.63) is 59.7 Å². The zero-order valence-electron chi connectivity index (χ0n) is 15.7. The van der Waals surface area contributed by atoms with Crippen LogP contribution in [0.3, 0.4) is 0 Å². The van der Waals surface area contributed by atoms with Gasteiger partial charge in [0.25, 0.3) is 5.91 Å². The van der Waals surface area contributed by atoms with Crippen LogP contribution in [0.4, 0.5) is 14.5 Å². The molecule has 1 fully saturated rings. The molecular weight excluding hydrogens is 386 g/mol. The molecule has 1 aliphatic rings. The molecule has 1 heterocycles. The number of sulfonamides is 1. The van der Waals surface area contributed by atoms with Crippen LogP contribution in [0.5, 0.6) is 0 Å². The third-order valence-corrected chi connectivity index (χ3v) is 6.57. The highest BCUT2D eigenvalue weighted by atomic mass is 32.2. The van der Waals surface area contributed by atoms with E-state index in [1.807, 2.05) is 13.8 Å². The maximum absolute atomic E-state index is 14.2. The van der Waals surface area contributed by atoms with E-state index in [0.717, 1.165) is 30.7 Å². The van der Waals surface area contributed by atoms with Crippen LogP contribution in [0.15, 0.2) is 47.4 Å². The van der Waals surface area contributed by atoms with Gasteiger partial charge in [0.05, 0.1) is 10.5 Å².